The summed E-state index contributed by atoms with van der Waals surface area (Å²) in [6, 6.07) is 5.67. The number of hydrogen-bond donors (Lipinski definition) is 1. The van der Waals surface area contributed by atoms with Gasteiger partial charge < -0.3 is 4.79 Å². The summed E-state index contributed by atoms with van der Waals surface area (Å²) in [5, 5.41) is 0. The van der Waals surface area contributed by atoms with Crippen LogP contribution in [0.15, 0.2) is 27.6 Å². The van der Waals surface area contributed by atoms with Crippen molar-refractivity contribution in [3.8, 4) is 0 Å². The molecule has 1 nitrogen and oxygen atoms in total. The van der Waals surface area contributed by atoms with Gasteiger partial charge in [-0.05, 0) is 17.7 Å². The van der Waals surface area contributed by atoms with E-state index >= 15 is 0 Å². The van der Waals surface area contributed by atoms with E-state index in [-0.39, 0.29) is 5.92 Å². The number of thiol groups is 1. The fourth-order valence-electron chi connectivity index (χ4n) is 0.959. The molecule has 0 radical (unpaired) electrons. The van der Waals surface area contributed by atoms with Crippen molar-refractivity contribution in [3.63, 3.8) is 0 Å². The maximum Gasteiger partial charge on any atom is 0.127 e. The minimum Gasteiger partial charge on any atom is -0.303 e. The number of benzene rings is 1. The van der Waals surface area contributed by atoms with Gasteiger partial charge in [-0.25, -0.2) is 0 Å². The molecular formula is C9H9BrOS. The van der Waals surface area contributed by atoms with E-state index < -0.39 is 0 Å². The number of aldehydes is 1. The Bertz CT molecular complexity index is 299. The molecule has 1 aromatic carbocycles. The molecule has 0 aliphatic rings. The molecule has 0 aliphatic carbocycles. The summed E-state index contributed by atoms with van der Waals surface area (Å²) in [6.07, 6.45) is 0.929. The topological polar surface area (TPSA) is 17.1 Å². The Morgan fingerprint density at radius 2 is 2.25 bits per heavy atom. The molecule has 0 saturated heterocycles. The first kappa shape index (κ1) is 9.81. The standard InChI is InChI=1S/C9H9BrOS/c1-6(5-11)8-3-2-7(12)4-9(8)10/h2-6,12H,1H3. The van der Waals surface area contributed by atoms with Gasteiger partial charge in [0.05, 0.1) is 0 Å². The van der Waals surface area contributed by atoms with Gasteiger partial charge in [-0.15, -0.1) is 12.6 Å². The lowest BCUT2D eigenvalue weighted by molar-refractivity contribution is -0.108. The molecule has 1 rings (SSSR count). The summed E-state index contributed by atoms with van der Waals surface area (Å²) in [4.78, 5) is 11.4. The first-order chi connectivity index (χ1) is 5.65. The normalized spacial score (nSPS) is 12.6. The van der Waals surface area contributed by atoms with E-state index in [1.807, 2.05) is 25.1 Å². The van der Waals surface area contributed by atoms with Crippen molar-refractivity contribution < 1.29 is 4.79 Å². The average molecular weight is 245 g/mol. The van der Waals surface area contributed by atoms with Crippen molar-refractivity contribution in [1.29, 1.82) is 0 Å². The molecule has 0 spiro atoms. The molecule has 12 heavy (non-hydrogen) atoms. The third kappa shape index (κ3) is 2.11. The maximum absolute atomic E-state index is 10.5. The predicted octanol–water partition coefficient (Wildman–Crippen LogP) is 3.04. The quantitative estimate of drug-likeness (QED) is 0.626. The second-order valence-corrected chi connectivity index (χ2v) is 4.00. The number of halogens is 1. The Kier molecular flexibility index (Phi) is 3.35. The lowest BCUT2D eigenvalue weighted by Crippen LogP contribution is -1.95. The molecule has 1 unspecified atom stereocenters. The van der Waals surface area contributed by atoms with Crippen molar-refractivity contribution in [2.75, 3.05) is 0 Å². The highest BCUT2D eigenvalue weighted by atomic mass is 79.9. The van der Waals surface area contributed by atoms with Crippen molar-refractivity contribution in [2.24, 2.45) is 0 Å². The average Bonchev–Trinajstić information content (AvgIpc) is 2.03. The first-order valence-corrected chi connectivity index (χ1v) is 4.83. The van der Waals surface area contributed by atoms with Gasteiger partial charge in [0.25, 0.3) is 0 Å². The third-order valence-electron chi connectivity index (χ3n) is 1.68. The number of carbonyl (C=O) groups excluding carboxylic acids is 1. The Morgan fingerprint density at radius 3 is 2.75 bits per heavy atom. The molecule has 0 fully saturated rings. The summed E-state index contributed by atoms with van der Waals surface area (Å²) in [5.74, 6) is -0.0618. The van der Waals surface area contributed by atoms with Crippen molar-refractivity contribution in [3.05, 3.63) is 28.2 Å². The summed E-state index contributed by atoms with van der Waals surface area (Å²) < 4.78 is 0.939. The zero-order valence-electron chi connectivity index (χ0n) is 6.62. The lowest BCUT2D eigenvalue weighted by atomic mass is 10.0. The summed E-state index contributed by atoms with van der Waals surface area (Å²) in [7, 11) is 0. The molecule has 0 heterocycles. The summed E-state index contributed by atoms with van der Waals surface area (Å²) in [5.41, 5.74) is 1.00. The van der Waals surface area contributed by atoms with Gasteiger partial charge in [0.2, 0.25) is 0 Å². The van der Waals surface area contributed by atoms with Crippen LogP contribution in [0.4, 0.5) is 0 Å². The van der Waals surface area contributed by atoms with Gasteiger partial charge in [0.1, 0.15) is 6.29 Å². The van der Waals surface area contributed by atoms with Crippen LogP contribution in [0, 0.1) is 0 Å². The molecule has 0 aliphatic heterocycles. The van der Waals surface area contributed by atoms with E-state index in [2.05, 4.69) is 28.6 Å². The van der Waals surface area contributed by atoms with Crippen LogP contribution in [0.1, 0.15) is 18.4 Å². The summed E-state index contributed by atoms with van der Waals surface area (Å²) in [6.45, 7) is 1.87. The molecule has 0 bridgehead atoms. The van der Waals surface area contributed by atoms with Crippen LogP contribution < -0.4 is 0 Å². The van der Waals surface area contributed by atoms with Crippen LogP contribution in [0.25, 0.3) is 0 Å². The smallest absolute Gasteiger partial charge is 0.127 e. The molecule has 0 aromatic heterocycles. The van der Waals surface area contributed by atoms with E-state index in [0.29, 0.717) is 0 Å². The van der Waals surface area contributed by atoms with Crippen LogP contribution in [0.5, 0.6) is 0 Å². The Labute approximate surface area is 85.7 Å². The number of carbonyl (C=O) groups is 1. The van der Waals surface area contributed by atoms with Gasteiger partial charge in [0, 0.05) is 15.3 Å². The molecule has 1 atom stereocenters. The molecule has 0 amide bonds. The molecule has 1 aromatic rings. The first-order valence-electron chi connectivity index (χ1n) is 3.59. The Balaban J connectivity index is 3.09. The van der Waals surface area contributed by atoms with Crippen LogP contribution in [-0.4, -0.2) is 6.29 Å². The SMILES string of the molecule is CC(C=O)c1ccc(S)cc1Br. The second-order valence-electron chi connectivity index (χ2n) is 2.63. The van der Waals surface area contributed by atoms with Gasteiger partial charge in [-0.1, -0.05) is 28.9 Å². The van der Waals surface area contributed by atoms with Crippen molar-refractivity contribution in [2.45, 2.75) is 17.7 Å². The molecule has 3 heteroatoms. The van der Waals surface area contributed by atoms with Crippen molar-refractivity contribution in [1.82, 2.24) is 0 Å². The van der Waals surface area contributed by atoms with E-state index in [1.54, 1.807) is 0 Å². The highest BCUT2D eigenvalue weighted by Crippen LogP contribution is 2.25. The molecular weight excluding hydrogens is 236 g/mol. The third-order valence-corrected chi connectivity index (χ3v) is 2.64. The van der Waals surface area contributed by atoms with E-state index in [0.717, 1.165) is 21.2 Å². The number of rotatable bonds is 2. The Morgan fingerprint density at radius 1 is 1.58 bits per heavy atom. The van der Waals surface area contributed by atoms with E-state index in [1.165, 1.54) is 0 Å². The second kappa shape index (κ2) is 4.10. The zero-order chi connectivity index (χ0) is 9.14. The van der Waals surface area contributed by atoms with Crippen LogP contribution in [-0.2, 0) is 4.79 Å². The van der Waals surface area contributed by atoms with Gasteiger partial charge in [0.15, 0.2) is 0 Å². The Hall–Kier alpha value is -0.280. The van der Waals surface area contributed by atoms with Crippen molar-refractivity contribution >= 4 is 34.8 Å². The molecule has 64 valence electrons. The van der Waals surface area contributed by atoms with Crippen LogP contribution in [0.2, 0.25) is 0 Å². The minimum atomic E-state index is -0.0618. The highest BCUT2D eigenvalue weighted by molar-refractivity contribution is 9.10. The minimum absolute atomic E-state index is 0.0618. The monoisotopic (exact) mass is 244 g/mol. The molecule has 0 N–H and O–H groups in total. The van der Waals surface area contributed by atoms with E-state index in [4.69, 9.17) is 0 Å². The highest BCUT2D eigenvalue weighted by Gasteiger charge is 2.07. The largest absolute Gasteiger partial charge is 0.303 e. The maximum atomic E-state index is 10.5. The van der Waals surface area contributed by atoms with Gasteiger partial charge in [-0.2, -0.15) is 0 Å². The fourth-order valence-corrected chi connectivity index (χ4v) is 2.08. The van der Waals surface area contributed by atoms with Gasteiger partial charge in [-0.3, -0.25) is 0 Å². The predicted molar refractivity (Wildman–Crippen MR) is 55.9 cm³/mol. The van der Waals surface area contributed by atoms with Crippen LogP contribution in [0.3, 0.4) is 0 Å². The number of hydrogen-bond acceptors (Lipinski definition) is 2. The van der Waals surface area contributed by atoms with E-state index in [9.17, 15) is 4.79 Å². The molecule has 0 saturated carbocycles. The van der Waals surface area contributed by atoms with Crippen LogP contribution >= 0.6 is 28.6 Å². The lowest BCUT2D eigenvalue weighted by Gasteiger charge is -2.06. The van der Waals surface area contributed by atoms with Gasteiger partial charge >= 0.3 is 0 Å². The summed E-state index contributed by atoms with van der Waals surface area (Å²) >= 11 is 7.56. The fraction of sp³-hybridized carbons (Fsp3) is 0.222. The zero-order valence-corrected chi connectivity index (χ0v) is 9.10.